The van der Waals surface area contributed by atoms with Crippen LogP contribution in [0.1, 0.15) is 85.0 Å². The molecule has 55 heavy (non-hydrogen) atoms. The zero-order chi connectivity index (χ0) is 40.8. The number of nitrogens with zero attached hydrogens (tertiary/aromatic N) is 3. The van der Waals surface area contributed by atoms with Crippen molar-refractivity contribution in [2.24, 2.45) is 17.8 Å². The van der Waals surface area contributed by atoms with E-state index < -0.39 is 77.4 Å². The lowest BCUT2D eigenvalue weighted by molar-refractivity contribution is -0.294. The van der Waals surface area contributed by atoms with E-state index in [-0.39, 0.29) is 36.3 Å². The maximum atomic E-state index is 14.4. The Labute approximate surface area is 323 Å². The number of carbonyl (C=O) groups excluding carboxylic acids is 5. The van der Waals surface area contributed by atoms with Gasteiger partial charge in [0.2, 0.25) is 0 Å². The lowest BCUT2D eigenvalue weighted by atomic mass is 9.77. The van der Waals surface area contributed by atoms with Crippen LogP contribution in [0.15, 0.2) is 60.7 Å². The van der Waals surface area contributed by atoms with Gasteiger partial charge in [0.25, 0.3) is 0 Å². The molecule has 0 amide bonds. The van der Waals surface area contributed by atoms with Crippen molar-refractivity contribution in [3.63, 3.8) is 0 Å². The van der Waals surface area contributed by atoms with Crippen LogP contribution in [-0.2, 0) is 42.8 Å². The highest BCUT2D eigenvalue weighted by molar-refractivity contribution is 6.00. The van der Waals surface area contributed by atoms with Crippen molar-refractivity contribution >= 4 is 29.6 Å². The molecule has 302 valence electrons. The minimum atomic E-state index is -1.61. The van der Waals surface area contributed by atoms with Crippen molar-refractivity contribution in [3.05, 3.63) is 66.3 Å². The standard InChI is InChI=1S/C41H57N3O11/c1-12-31-40(7,55-39(49)44-19-18-42-23-44)21-24(2)32(45)25(3)22-41(8,50-11)35(27(5)33(46)28(6)36(47)52-31)54-38-34(30(43(9)10)20-26(4)51-38)53-37(48)29-16-14-13-15-17-29/h13-19,21,23,25-28,30-31,34-35,38H,12,20,22H2,1-11H3/b24-21+/t25-,26-,27+,28-,30+,31-,34-,35-,38?,40+,41+/m1/s1. The predicted octanol–water partition coefficient (Wildman–Crippen LogP) is 5.43. The topological polar surface area (TPSA) is 162 Å². The van der Waals surface area contributed by atoms with E-state index >= 15 is 0 Å². The van der Waals surface area contributed by atoms with Gasteiger partial charge in [-0.3, -0.25) is 14.4 Å². The Bertz CT molecular complexity index is 1700. The van der Waals surface area contributed by atoms with Gasteiger partial charge in [-0.2, -0.15) is 0 Å². The summed E-state index contributed by atoms with van der Waals surface area (Å²) < 4.78 is 38.5. The third kappa shape index (κ3) is 9.96. The number of ether oxygens (including phenoxy) is 6. The van der Waals surface area contributed by atoms with Gasteiger partial charge in [-0.25, -0.2) is 19.1 Å². The largest absolute Gasteiger partial charge is 0.457 e. The molecular weight excluding hydrogens is 710 g/mol. The Morgan fingerprint density at radius 1 is 1.05 bits per heavy atom. The SMILES string of the molecule is CC[C@H]1OC(=O)[C@H](C)C(=O)[C@H](C)[C@@H](OC2O[C@H](C)C[C@H](N(C)C)[C@H]2OC(=O)c2ccccc2)[C@@](C)(OC)C[C@@H](C)C(=O)/C(C)=C/[C@]1(C)OC(=O)n1ccnc1. The summed E-state index contributed by atoms with van der Waals surface area (Å²) in [6.07, 6.45) is 0.963. The number of carbonyl (C=O) groups is 5. The fourth-order valence-corrected chi connectivity index (χ4v) is 7.68. The highest BCUT2D eigenvalue weighted by Crippen LogP contribution is 2.38. The number of Topliss-reactive ketones (excluding diaryl/α,β-unsaturated/α-hetero) is 2. The molecule has 1 aromatic carbocycles. The Hall–Kier alpha value is -4.24. The molecule has 11 atom stereocenters. The average Bonchev–Trinajstić information content (AvgIpc) is 3.70. The zero-order valence-electron chi connectivity index (χ0n) is 33.8. The summed E-state index contributed by atoms with van der Waals surface area (Å²) in [6, 6.07) is 8.25. The van der Waals surface area contributed by atoms with Crippen molar-refractivity contribution in [1.82, 2.24) is 14.5 Å². The van der Waals surface area contributed by atoms with Gasteiger partial charge in [-0.15, -0.1) is 0 Å². The van der Waals surface area contributed by atoms with E-state index in [1.165, 1.54) is 38.8 Å². The first-order chi connectivity index (χ1) is 25.8. The van der Waals surface area contributed by atoms with Crippen LogP contribution in [0.4, 0.5) is 4.79 Å². The van der Waals surface area contributed by atoms with Gasteiger partial charge in [-0.05, 0) is 91.8 Å². The third-order valence-corrected chi connectivity index (χ3v) is 10.9. The van der Waals surface area contributed by atoms with Crippen LogP contribution in [0, 0.1) is 17.8 Å². The van der Waals surface area contributed by atoms with E-state index in [4.69, 9.17) is 28.4 Å². The molecule has 1 aromatic heterocycles. The second-order valence-corrected chi connectivity index (χ2v) is 15.5. The number of methoxy groups -OCH3 is 1. The number of esters is 2. The van der Waals surface area contributed by atoms with Crippen LogP contribution >= 0.6 is 0 Å². The fraction of sp³-hybridized carbons (Fsp3) is 0.610. The molecule has 0 N–H and O–H groups in total. The van der Waals surface area contributed by atoms with Crippen molar-refractivity contribution in [1.29, 1.82) is 0 Å². The van der Waals surface area contributed by atoms with Gasteiger partial charge in [0, 0.05) is 31.3 Å². The molecule has 1 unspecified atom stereocenters. The second kappa shape index (κ2) is 18.1. The normalized spacial score (nSPS) is 34.9. The number of cyclic esters (lactones) is 1. The molecule has 2 aromatic rings. The molecule has 0 radical (unpaired) electrons. The molecule has 14 heteroatoms. The number of allylic oxidation sites excluding steroid dienone is 1. The lowest BCUT2D eigenvalue weighted by Crippen LogP contribution is -2.60. The summed E-state index contributed by atoms with van der Waals surface area (Å²) in [5.41, 5.74) is -2.32. The van der Waals surface area contributed by atoms with Crippen LogP contribution in [-0.4, -0.2) is 113 Å². The predicted molar refractivity (Wildman–Crippen MR) is 201 cm³/mol. The first-order valence-electron chi connectivity index (χ1n) is 18.8. The average molecular weight is 768 g/mol. The van der Waals surface area contributed by atoms with Crippen LogP contribution in [0.5, 0.6) is 0 Å². The maximum Gasteiger partial charge on any atom is 0.420 e. The molecule has 4 rings (SSSR count). The van der Waals surface area contributed by atoms with Crippen molar-refractivity contribution < 1.29 is 52.4 Å². The summed E-state index contributed by atoms with van der Waals surface area (Å²) in [4.78, 5) is 74.9. The molecule has 2 aliphatic rings. The number of likely N-dealkylation sites (N-methyl/N-ethyl adjacent to an activating group) is 1. The molecule has 0 aliphatic carbocycles. The van der Waals surface area contributed by atoms with Crippen LogP contribution in [0.25, 0.3) is 0 Å². The van der Waals surface area contributed by atoms with E-state index in [9.17, 15) is 24.0 Å². The lowest BCUT2D eigenvalue weighted by Gasteiger charge is -2.47. The summed E-state index contributed by atoms with van der Waals surface area (Å²) in [6.45, 7) is 13.4. The Morgan fingerprint density at radius 2 is 1.73 bits per heavy atom. The first kappa shape index (κ1) is 43.5. The number of hydrogen-bond acceptors (Lipinski definition) is 13. The van der Waals surface area contributed by atoms with Gasteiger partial charge in [-0.1, -0.05) is 39.0 Å². The van der Waals surface area contributed by atoms with E-state index in [1.54, 1.807) is 71.9 Å². The van der Waals surface area contributed by atoms with E-state index in [0.717, 1.165) is 4.57 Å². The summed E-state index contributed by atoms with van der Waals surface area (Å²) in [5, 5.41) is 0. The van der Waals surface area contributed by atoms with Gasteiger partial charge >= 0.3 is 18.0 Å². The van der Waals surface area contributed by atoms with Crippen LogP contribution in [0.2, 0.25) is 0 Å². The van der Waals surface area contributed by atoms with Crippen molar-refractivity contribution in [2.45, 2.75) is 123 Å². The number of rotatable bonds is 8. The number of aromatic nitrogens is 2. The fourth-order valence-electron chi connectivity index (χ4n) is 7.68. The molecular formula is C41H57N3O11. The summed E-state index contributed by atoms with van der Waals surface area (Å²) in [5.74, 6) is -5.23. The van der Waals surface area contributed by atoms with Crippen LogP contribution in [0.3, 0.4) is 0 Å². The van der Waals surface area contributed by atoms with Crippen molar-refractivity contribution in [2.75, 3.05) is 21.2 Å². The Kier molecular flexibility index (Phi) is 14.3. The third-order valence-electron chi connectivity index (χ3n) is 10.9. The maximum absolute atomic E-state index is 14.4. The molecule has 0 spiro atoms. The van der Waals surface area contributed by atoms with E-state index in [2.05, 4.69) is 4.98 Å². The molecule has 2 aliphatic heterocycles. The second-order valence-electron chi connectivity index (χ2n) is 15.5. The Balaban J connectivity index is 1.78. The summed E-state index contributed by atoms with van der Waals surface area (Å²) >= 11 is 0. The first-order valence-corrected chi connectivity index (χ1v) is 18.8. The number of ketones is 2. The number of imidazole rings is 1. The van der Waals surface area contributed by atoms with Crippen molar-refractivity contribution in [3.8, 4) is 0 Å². The highest BCUT2D eigenvalue weighted by atomic mass is 16.7. The van der Waals surface area contributed by atoms with Gasteiger partial charge in [0.1, 0.15) is 18.3 Å². The molecule has 1 fully saturated rings. The molecule has 1 saturated heterocycles. The van der Waals surface area contributed by atoms with E-state index in [0.29, 0.717) is 12.0 Å². The molecule has 3 heterocycles. The van der Waals surface area contributed by atoms with Gasteiger partial charge in [0.05, 0.1) is 29.4 Å². The van der Waals surface area contributed by atoms with Crippen LogP contribution < -0.4 is 0 Å². The molecule has 0 bridgehead atoms. The summed E-state index contributed by atoms with van der Waals surface area (Å²) in [7, 11) is 5.21. The smallest absolute Gasteiger partial charge is 0.420 e. The van der Waals surface area contributed by atoms with Gasteiger partial charge in [0.15, 0.2) is 29.6 Å². The van der Waals surface area contributed by atoms with E-state index in [1.807, 2.05) is 25.9 Å². The minimum Gasteiger partial charge on any atom is -0.457 e. The quantitative estimate of drug-likeness (QED) is 0.190. The zero-order valence-corrected chi connectivity index (χ0v) is 33.8. The van der Waals surface area contributed by atoms with Gasteiger partial charge < -0.3 is 33.3 Å². The number of benzene rings is 1. The monoisotopic (exact) mass is 767 g/mol. The highest BCUT2D eigenvalue weighted by Gasteiger charge is 2.51. The Morgan fingerprint density at radius 3 is 2.31 bits per heavy atom. The molecule has 14 nitrogen and oxygen atoms in total. The number of hydrogen-bond donors (Lipinski definition) is 0. The minimum absolute atomic E-state index is 0.0746. The molecule has 0 saturated carbocycles.